The lowest BCUT2D eigenvalue weighted by molar-refractivity contribution is 0.468. The Morgan fingerprint density at radius 3 is 2.40 bits per heavy atom. The van der Waals surface area contributed by atoms with Crippen LogP contribution in [0.15, 0.2) is 55.1 Å². The van der Waals surface area contributed by atoms with Crippen LogP contribution in [0.3, 0.4) is 0 Å². The van der Waals surface area contributed by atoms with E-state index < -0.39 is 0 Å². The van der Waals surface area contributed by atoms with Crippen LogP contribution < -0.4 is 10.1 Å². The van der Waals surface area contributed by atoms with Crippen molar-refractivity contribution in [1.29, 1.82) is 0 Å². The Bertz CT molecular complexity index is 863. The van der Waals surface area contributed by atoms with E-state index in [2.05, 4.69) is 20.3 Å². The Morgan fingerprint density at radius 2 is 1.72 bits per heavy atom. The summed E-state index contributed by atoms with van der Waals surface area (Å²) < 4.78 is 20.0. The maximum absolute atomic E-state index is 14.3. The summed E-state index contributed by atoms with van der Waals surface area (Å²) in [7, 11) is 0. The predicted molar refractivity (Wildman–Crippen MR) is 94.7 cm³/mol. The smallest absolute Gasteiger partial charge is 0.135 e. The molecule has 0 amide bonds. The SMILES string of the molecule is CC(C)(C)c1ccc(Oc2ccnc(Nc3ccncn3)c2)cc1F. The lowest BCUT2D eigenvalue weighted by Gasteiger charge is -2.20. The molecule has 0 saturated carbocycles. The van der Waals surface area contributed by atoms with Gasteiger partial charge in [0.2, 0.25) is 0 Å². The Morgan fingerprint density at radius 1 is 0.920 bits per heavy atom. The first-order chi connectivity index (χ1) is 11.9. The number of anilines is 2. The molecule has 1 N–H and O–H groups in total. The summed E-state index contributed by atoms with van der Waals surface area (Å²) in [5.41, 5.74) is 0.397. The highest BCUT2D eigenvalue weighted by molar-refractivity contribution is 5.53. The van der Waals surface area contributed by atoms with Crippen LogP contribution in [0.25, 0.3) is 0 Å². The monoisotopic (exact) mass is 338 g/mol. The summed E-state index contributed by atoms with van der Waals surface area (Å²) in [6, 6.07) is 10.1. The van der Waals surface area contributed by atoms with Gasteiger partial charge in [-0.25, -0.2) is 19.3 Å². The number of nitrogens with one attached hydrogen (secondary N) is 1. The molecule has 0 spiro atoms. The maximum atomic E-state index is 14.3. The van der Waals surface area contributed by atoms with Crippen LogP contribution in [0.5, 0.6) is 11.5 Å². The van der Waals surface area contributed by atoms with Gasteiger partial charge in [-0.2, -0.15) is 0 Å². The molecule has 25 heavy (non-hydrogen) atoms. The van der Waals surface area contributed by atoms with E-state index in [1.807, 2.05) is 20.8 Å². The van der Waals surface area contributed by atoms with Gasteiger partial charge in [-0.3, -0.25) is 0 Å². The van der Waals surface area contributed by atoms with Gasteiger partial charge in [-0.15, -0.1) is 0 Å². The summed E-state index contributed by atoms with van der Waals surface area (Å²) in [6.07, 6.45) is 4.69. The minimum atomic E-state index is -0.279. The fourth-order valence-corrected chi connectivity index (χ4v) is 2.34. The van der Waals surface area contributed by atoms with E-state index in [9.17, 15) is 4.39 Å². The summed E-state index contributed by atoms with van der Waals surface area (Å²) in [4.78, 5) is 12.2. The minimum Gasteiger partial charge on any atom is -0.457 e. The minimum absolute atomic E-state index is 0.256. The van der Waals surface area contributed by atoms with Gasteiger partial charge < -0.3 is 10.1 Å². The molecule has 2 heterocycles. The molecule has 2 aromatic heterocycles. The van der Waals surface area contributed by atoms with E-state index in [1.54, 1.807) is 42.7 Å². The second-order valence-corrected chi connectivity index (χ2v) is 6.59. The third kappa shape index (κ3) is 4.29. The number of halogens is 1. The zero-order valence-electron chi connectivity index (χ0n) is 14.3. The average molecular weight is 338 g/mol. The summed E-state index contributed by atoms with van der Waals surface area (Å²) >= 11 is 0. The quantitative estimate of drug-likeness (QED) is 0.737. The van der Waals surface area contributed by atoms with Gasteiger partial charge in [0.25, 0.3) is 0 Å². The first-order valence-corrected chi connectivity index (χ1v) is 7.89. The Balaban J connectivity index is 1.77. The highest BCUT2D eigenvalue weighted by atomic mass is 19.1. The molecule has 0 aliphatic rings. The van der Waals surface area contributed by atoms with Crippen molar-refractivity contribution in [2.45, 2.75) is 26.2 Å². The molecule has 0 saturated heterocycles. The summed E-state index contributed by atoms with van der Waals surface area (Å²) in [5.74, 6) is 1.90. The summed E-state index contributed by atoms with van der Waals surface area (Å²) in [5, 5.41) is 3.05. The van der Waals surface area contributed by atoms with E-state index in [0.717, 1.165) is 0 Å². The third-order valence-electron chi connectivity index (χ3n) is 3.55. The van der Waals surface area contributed by atoms with Crippen LogP contribution in [-0.2, 0) is 5.41 Å². The number of pyridine rings is 1. The normalized spacial score (nSPS) is 11.2. The highest BCUT2D eigenvalue weighted by Gasteiger charge is 2.18. The van der Waals surface area contributed by atoms with Crippen molar-refractivity contribution in [2.24, 2.45) is 0 Å². The fraction of sp³-hybridized carbons (Fsp3) is 0.211. The number of aromatic nitrogens is 3. The topological polar surface area (TPSA) is 59.9 Å². The van der Waals surface area contributed by atoms with E-state index in [0.29, 0.717) is 28.7 Å². The number of ether oxygens (including phenoxy) is 1. The largest absolute Gasteiger partial charge is 0.457 e. The van der Waals surface area contributed by atoms with Crippen molar-refractivity contribution in [1.82, 2.24) is 15.0 Å². The molecule has 1 aromatic carbocycles. The molecule has 6 heteroatoms. The average Bonchev–Trinajstić information content (AvgIpc) is 2.55. The fourth-order valence-electron chi connectivity index (χ4n) is 2.34. The molecule has 0 aliphatic carbocycles. The molecule has 0 aliphatic heterocycles. The zero-order chi connectivity index (χ0) is 17.9. The van der Waals surface area contributed by atoms with E-state index in [1.165, 1.54) is 12.4 Å². The zero-order valence-corrected chi connectivity index (χ0v) is 14.3. The van der Waals surface area contributed by atoms with Gasteiger partial charge in [0.15, 0.2) is 0 Å². The van der Waals surface area contributed by atoms with Crippen molar-refractivity contribution in [3.63, 3.8) is 0 Å². The van der Waals surface area contributed by atoms with Crippen LogP contribution in [0.4, 0.5) is 16.0 Å². The summed E-state index contributed by atoms with van der Waals surface area (Å²) in [6.45, 7) is 5.92. The second kappa shape index (κ2) is 6.84. The molecule has 3 rings (SSSR count). The van der Waals surface area contributed by atoms with E-state index >= 15 is 0 Å². The lowest BCUT2D eigenvalue weighted by atomic mass is 9.87. The van der Waals surface area contributed by atoms with E-state index in [4.69, 9.17) is 4.74 Å². The number of hydrogen-bond acceptors (Lipinski definition) is 5. The Labute approximate surface area is 145 Å². The standard InChI is InChI=1S/C19H19FN4O/c1-19(2,3)15-5-4-13(10-16(15)20)25-14-6-9-22-18(11-14)24-17-7-8-21-12-23-17/h4-12H,1-3H3,(H,21,22,23,24). The molecule has 0 radical (unpaired) electrons. The van der Waals surface area contributed by atoms with Gasteiger partial charge in [0, 0.05) is 24.5 Å². The van der Waals surface area contributed by atoms with Crippen molar-refractivity contribution >= 4 is 11.6 Å². The second-order valence-electron chi connectivity index (χ2n) is 6.59. The molecule has 3 aromatic rings. The number of rotatable bonds is 4. The molecule has 0 fully saturated rings. The van der Waals surface area contributed by atoms with Crippen molar-refractivity contribution in [2.75, 3.05) is 5.32 Å². The Kier molecular flexibility index (Phi) is 4.61. The van der Waals surface area contributed by atoms with Crippen LogP contribution >= 0.6 is 0 Å². The van der Waals surface area contributed by atoms with E-state index in [-0.39, 0.29) is 11.2 Å². The van der Waals surface area contributed by atoms with Crippen LogP contribution in [0, 0.1) is 5.82 Å². The van der Waals surface area contributed by atoms with Crippen molar-refractivity contribution < 1.29 is 9.13 Å². The maximum Gasteiger partial charge on any atom is 0.135 e. The third-order valence-corrected chi connectivity index (χ3v) is 3.55. The molecule has 0 atom stereocenters. The molecule has 5 nitrogen and oxygen atoms in total. The lowest BCUT2D eigenvalue weighted by Crippen LogP contribution is -2.13. The number of nitrogens with zero attached hydrogens (tertiary/aromatic N) is 3. The predicted octanol–water partition coefficient (Wildman–Crippen LogP) is 4.84. The molecule has 128 valence electrons. The van der Waals surface area contributed by atoms with Gasteiger partial charge in [-0.1, -0.05) is 26.8 Å². The molecule has 0 bridgehead atoms. The van der Waals surface area contributed by atoms with Gasteiger partial charge >= 0.3 is 0 Å². The number of hydrogen-bond donors (Lipinski definition) is 1. The van der Waals surface area contributed by atoms with Crippen molar-refractivity contribution in [3.8, 4) is 11.5 Å². The highest BCUT2D eigenvalue weighted by Crippen LogP contribution is 2.30. The Hall–Kier alpha value is -3.02. The van der Waals surface area contributed by atoms with Gasteiger partial charge in [0.05, 0.1) is 0 Å². The van der Waals surface area contributed by atoms with Gasteiger partial charge in [-0.05, 0) is 29.2 Å². The van der Waals surface area contributed by atoms with Crippen LogP contribution in [0.2, 0.25) is 0 Å². The number of benzene rings is 1. The first kappa shape index (κ1) is 16.8. The van der Waals surface area contributed by atoms with Gasteiger partial charge in [0.1, 0.15) is 35.3 Å². The van der Waals surface area contributed by atoms with Crippen molar-refractivity contribution in [3.05, 3.63) is 66.5 Å². The molecular formula is C19H19FN4O. The first-order valence-electron chi connectivity index (χ1n) is 7.89. The van der Waals surface area contributed by atoms with Crippen LogP contribution in [-0.4, -0.2) is 15.0 Å². The molecule has 0 unspecified atom stereocenters. The molecular weight excluding hydrogens is 319 g/mol. The van der Waals surface area contributed by atoms with Crippen LogP contribution in [0.1, 0.15) is 26.3 Å².